The summed E-state index contributed by atoms with van der Waals surface area (Å²) in [4.78, 5) is 16.0. The number of aromatic nitrogens is 2. The Hall–Kier alpha value is -1.43. The van der Waals surface area contributed by atoms with Crippen LogP contribution in [0.15, 0.2) is 4.63 Å². The van der Waals surface area contributed by atoms with Crippen LogP contribution in [0.4, 0.5) is 0 Å². The Balaban J connectivity index is 1.80. The first-order chi connectivity index (χ1) is 8.70. The molecule has 0 aliphatic carbocycles. The SMILES string of the molecule is CCCC(=O)N1CCN(Cc2nonc2C)CC1. The number of hydrogen-bond donors (Lipinski definition) is 0. The highest BCUT2D eigenvalue weighted by Crippen LogP contribution is 2.10. The third-order valence-electron chi connectivity index (χ3n) is 3.31. The number of aryl methyl sites for hydroxylation is 1. The van der Waals surface area contributed by atoms with Crippen molar-refractivity contribution >= 4 is 5.91 Å². The average Bonchev–Trinajstić information content (AvgIpc) is 2.76. The van der Waals surface area contributed by atoms with Crippen LogP contribution in [-0.2, 0) is 11.3 Å². The van der Waals surface area contributed by atoms with Crippen LogP contribution in [0.25, 0.3) is 0 Å². The highest BCUT2D eigenvalue weighted by Gasteiger charge is 2.21. The largest absolute Gasteiger partial charge is 0.340 e. The van der Waals surface area contributed by atoms with E-state index in [1.165, 1.54) is 0 Å². The van der Waals surface area contributed by atoms with Crippen LogP contribution < -0.4 is 0 Å². The summed E-state index contributed by atoms with van der Waals surface area (Å²) in [5.74, 6) is 0.274. The molecule has 1 saturated heterocycles. The number of amides is 1. The lowest BCUT2D eigenvalue weighted by Gasteiger charge is -2.34. The van der Waals surface area contributed by atoms with Crippen molar-refractivity contribution in [1.82, 2.24) is 20.1 Å². The molecule has 1 aliphatic heterocycles. The van der Waals surface area contributed by atoms with Crippen LogP contribution in [0.2, 0.25) is 0 Å². The Morgan fingerprint density at radius 3 is 2.56 bits per heavy atom. The zero-order chi connectivity index (χ0) is 13.0. The number of rotatable bonds is 4. The Morgan fingerprint density at radius 2 is 2.00 bits per heavy atom. The second-order valence-electron chi connectivity index (χ2n) is 4.70. The van der Waals surface area contributed by atoms with Gasteiger partial charge in [-0.25, -0.2) is 4.63 Å². The standard InChI is InChI=1S/C12H20N4O2/c1-3-4-12(17)16-7-5-15(6-8-16)9-11-10(2)13-18-14-11/h3-9H2,1-2H3. The Bertz CT molecular complexity index is 397. The molecule has 0 atom stereocenters. The Labute approximate surface area is 107 Å². The predicted molar refractivity (Wildman–Crippen MR) is 65.8 cm³/mol. The van der Waals surface area contributed by atoms with Gasteiger partial charge in [-0.3, -0.25) is 9.69 Å². The van der Waals surface area contributed by atoms with E-state index in [0.29, 0.717) is 6.42 Å². The molecular weight excluding hydrogens is 232 g/mol. The van der Waals surface area contributed by atoms with Crippen LogP contribution in [-0.4, -0.2) is 52.2 Å². The van der Waals surface area contributed by atoms with Gasteiger partial charge in [-0.15, -0.1) is 0 Å². The topological polar surface area (TPSA) is 62.5 Å². The molecular formula is C12H20N4O2. The lowest BCUT2D eigenvalue weighted by atomic mass is 10.2. The predicted octanol–water partition coefficient (Wildman–Crippen LogP) is 0.822. The summed E-state index contributed by atoms with van der Waals surface area (Å²) in [6.45, 7) is 8.09. The molecule has 0 radical (unpaired) electrons. The minimum absolute atomic E-state index is 0.274. The van der Waals surface area contributed by atoms with Crippen molar-refractivity contribution in [2.24, 2.45) is 0 Å². The maximum absolute atomic E-state index is 11.7. The summed E-state index contributed by atoms with van der Waals surface area (Å²) < 4.78 is 4.69. The van der Waals surface area contributed by atoms with Gasteiger partial charge in [0.1, 0.15) is 11.4 Å². The van der Waals surface area contributed by atoms with E-state index >= 15 is 0 Å². The average molecular weight is 252 g/mol. The van der Waals surface area contributed by atoms with Crippen molar-refractivity contribution in [3.8, 4) is 0 Å². The first-order valence-electron chi connectivity index (χ1n) is 6.49. The Kier molecular flexibility index (Phi) is 4.30. The van der Waals surface area contributed by atoms with Gasteiger partial charge < -0.3 is 4.90 Å². The van der Waals surface area contributed by atoms with Crippen molar-refractivity contribution < 1.29 is 9.42 Å². The van der Waals surface area contributed by atoms with E-state index in [0.717, 1.165) is 50.5 Å². The quantitative estimate of drug-likeness (QED) is 0.794. The van der Waals surface area contributed by atoms with Gasteiger partial charge in [0.15, 0.2) is 0 Å². The Morgan fingerprint density at radius 1 is 1.28 bits per heavy atom. The van der Waals surface area contributed by atoms with Crippen LogP contribution in [0.3, 0.4) is 0 Å². The summed E-state index contributed by atoms with van der Waals surface area (Å²) in [5, 5.41) is 7.66. The number of piperazine rings is 1. The lowest BCUT2D eigenvalue weighted by molar-refractivity contribution is -0.133. The highest BCUT2D eigenvalue weighted by molar-refractivity contribution is 5.76. The summed E-state index contributed by atoms with van der Waals surface area (Å²) in [6, 6.07) is 0. The number of carbonyl (C=O) groups excluding carboxylic acids is 1. The zero-order valence-electron chi connectivity index (χ0n) is 11.1. The van der Waals surface area contributed by atoms with Gasteiger partial charge in [0.25, 0.3) is 0 Å². The van der Waals surface area contributed by atoms with E-state index in [2.05, 4.69) is 19.8 Å². The van der Waals surface area contributed by atoms with Crippen LogP contribution in [0.5, 0.6) is 0 Å². The van der Waals surface area contributed by atoms with Crippen molar-refractivity contribution in [1.29, 1.82) is 0 Å². The molecule has 6 nitrogen and oxygen atoms in total. The van der Waals surface area contributed by atoms with E-state index in [1.807, 2.05) is 18.7 Å². The van der Waals surface area contributed by atoms with E-state index in [-0.39, 0.29) is 5.91 Å². The van der Waals surface area contributed by atoms with Gasteiger partial charge in [-0.05, 0) is 13.3 Å². The maximum Gasteiger partial charge on any atom is 0.222 e. The van der Waals surface area contributed by atoms with Gasteiger partial charge >= 0.3 is 0 Å². The molecule has 0 N–H and O–H groups in total. The number of carbonyl (C=O) groups is 1. The van der Waals surface area contributed by atoms with Crippen molar-refractivity contribution in [2.45, 2.75) is 33.2 Å². The second kappa shape index (κ2) is 5.95. The molecule has 0 unspecified atom stereocenters. The second-order valence-corrected chi connectivity index (χ2v) is 4.70. The molecule has 2 rings (SSSR count). The van der Waals surface area contributed by atoms with Crippen LogP contribution in [0.1, 0.15) is 31.2 Å². The molecule has 1 aromatic rings. The van der Waals surface area contributed by atoms with Gasteiger partial charge in [-0.2, -0.15) is 0 Å². The molecule has 1 fully saturated rings. The van der Waals surface area contributed by atoms with Crippen LogP contribution >= 0.6 is 0 Å². The fourth-order valence-corrected chi connectivity index (χ4v) is 2.13. The number of nitrogens with zero attached hydrogens (tertiary/aromatic N) is 4. The third kappa shape index (κ3) is 3.07. The van der Waals surface area contributed by atoms with Crippen LogP contribution in [0, 0.1) is 6.92 Å². The van der Waals surface area contributed by atoms with E-state index in [9.17, 15) is 4.79 Å². The normalized spacial score (nSPS) is 17.1. The summed E-state index contributed by atoms with van der Waals surface area (Å²) >= 11 is 0. The monoisotopic (exact) mass is 252 g/mol. The molecule has 1 aliphatic rings. The molecule has 0 aromatic carbocycles. The van der Waals surface area contributed by atoms with E-state index in [4.69, 9.17) is 0 Å². The minimum atomic E-state index is 0.274. The molecule has 6 heteroatoms. The highest BCUT2D eigenvalue weighted by atomic mass is 16.6. The summed E-state index contributed by atoms with van der Waals surface area (Å²) in [7, 11) is 0. The van der Waals surface area contributed by atoms with Crippen molar-refractivity contribution in [3.05, 3.63) is 11.4 Å². The summed E-state index contributed by atoms with van der Waals surface area (Å²) in [6.07, 6.45) is 1.58. The first-order valence-corrected chi connectivity index (χ1v) is 6.49. The molecule has 1 amide bonds. The smallest absolute Gasteiger partial charge is 0.222 e. The van der Waals surface area contributed by atoms with Crippen molar-refractivity contribution in [3.63, 3.8) is 0 Å². The molecule has 18 heavy (non-hydrogen) atoms. The molecule has 0 saturated carbocycles. The summed E-state index contributed by atoms with van der Waals surface area (Å²) in [5.41, 5.74) is 1.74. The molecule has 0 spiro atoms. The number of hydrogen-bond acceptors (Lipinski definition) is 5. The minimum Gasteiger partial charge on any atom is -0.340 e. The van der Waals surface area contributed by atoms with Gasteiger partial charge in [0.05, 0.1) is 0 Å². The first kappa shape index (κ1) is 13.0. The molecule has 2 heterocycles. The molecule has 100 valence electrons. The van der Waals surface area contributed by atoms with Gasteiger partial charge in [0.2, 0.25) is 5.91 Å². The van der Waals surface area contributed by atoms with Gasteiger partial charge in [0, 0.05) is 39.1 Å². The third-order valence-corrected chi connectivity index (χ3v) is 3.31. The van der Waals surface area contributed by atoms with Crippen molar-refractivity contribution in [2.75, 3.05) is 26.2 Å². The van der Waals surface area contributed by atoms with E-state index < -0.39 is 0 Å². The lowest BCUT2D eigenvalue weighted by Crippen LogP contribution is -2.48. The molecule has 1 aromatic heterocycles. The van der Waals surface area contributed by atoms with Gasteiger partial charge in [-0.1, -0.05) is 17.2 Å². The fraction of sp³-hybridized carbons (Fsp3) is 0.750. The zero-order valence-corrected chi connectivity index (χ0v) is 11.1. The maximum atomic E-state index is 11.7. The fourth-order valence-electron chi connectivity index (χ4n) is 2.13. The van der Waals surface area contributed by atoms with E-state index in [1.54, 1.807) is 0 Å². The molecule has 0 bridgehead atoms.